The third-order valence-corrected chi connectivity index (χ3v) is 6.84. The number of piperidine rings is 1. The van der Waals surface area contributed by atoms with Crippen molar-refractivity contribution in [2.24, 2.45) is 17.6 Å². The maximum Gasteiger partial charge on any atom is 0.241 e. The van der Waals surface area contributed by atoms with Crippen molar-refractivity contribution in [2.75, 3.05) is 19.7 Å². The molecule has 1 amide bonds. The molecule has 4 rings (SSSR count). The van der Waals surface area contributed by atoms with Crippen LogP contribution < -0.4 is 5.73 Å². The SMILES string of the molecule is Cc1cc(-c2ccnc3[nH]cc(F)c23)cc(F)c1[C@@]1(O)[C@H](C)CN(C(=O)[C@H](N)CO)C[C@@H]1C. The summed E-state index contributed by atoms with van der Waals surface area (Å²) in [6.45, 7) is 5.11. The lowest BCUT2D eigenvalue weighted by atomic mass is 9.69. The summed E-state index contributed by atoms with van der Waals surface area (Å²) in [5, 5.41) is 21.2. The highest BCUT2D eigenvalue weighted by molar-refractivity contribution is 5.93. The van der Waals surface area contributed by atoms with Gasteiger partial charge in [0, 0.05) is 42.9 Å². The first-order valence-corrected chi connectivity index (χ1v) is 10.9. The summed E-state index contributed by atoms with van der Waals surface area (Å²) >= 11 is 0. The zero-order valence-electron chi connectivity index (χ0n) is 18.8. The Morgan fingerprint density at radius 1 is 1.30 bits per heavy atom. The molecule has 0 unspecified atom stereocenters. The highest BCUT2D eigenvalue weighted by Crippen LogP contribution is 2.45. The van der Waals surface area contributed by atoms with Crippen molar-refractivity contribution in [3.63, 3.8) is 0 Å². The molecule has 1 aliphatic heterocycles. The normalized spacial score (nSPS) is 24.3. The van der Waals surface area contributed by atoms with Crippen molar-refractivity contribution in [3.05, 3.63) is 53.4 Å². The fourth-order valence-corrected chi connectivity index (χ4v) is 5.15. The second kappa shape index (κ2) is 8.48. The van der Waals surface area contributed by atoms with Gasteiger partial charge in [0.15, 0.2) is 5.82 Å². The number of hydrogen-bond acceptors (Lipinski definition) is 5. The van der Waals surface area contributed by atoms with Gasteiger partial charge < -0.3 is 25.8 Å². The number of rotatable bonds is 4. The fraction of sp³-hybridized carbons (Fsp3) is 0.417. The number of carbonyl (C=O) groups excluding carboxylic acids is 1. The summed E-state index contributed by atoms with van der Waals surface area (Å²) in [5.74, 6) is -2.47. The highest BCUT2D eigenvalue weighted by Gasteiger charge is 2.49. The number of aliphatic hydroxyl groups excluding tert-OH is 1. The number of nitrogens with two attached hydrogens (primary N) is 1. The maximum atomic E-state index is 15.6. The molecule has 0 saturated carbocycles. The molecular formula is C24H28F2N4O3. The maximum absolute atomic E-state index is 15.6. The number of H-pyrrole nitrogens is 1. The molecule has 7 nitrogen and oxygen atoms in total. The number of benzene rings is 1. The van der Waals surface area contributed by atoms with E-state index in [9.17, 15) is 19.4 Å². The molecule has 5 N–H and O–H groups in total. The molecule has 0 aliphatic carbocycles. The number of aliphatic hydroxyl groups is 2. The molecule has 1 aromatic carbocycles. The Hall–Kier alpha value is -2.88. The molecule has 9 heteroatoms. The van der Waals surface area contributed by atoms with Gasteiger partial charge in [-0.25, -0.2) is 13.8 Å². The van der Waals surface area contributed by atoms with Crippen LogP contribution in [0.3, 0.4) is 0 Å². The van der Waals surface area contributed by atoms with Crippen molar-refractivity contribution in [2.45, 2.75) is 32.4 Å². The number of amides is 1. The zero-order valence-corrected chi connectivity index (χ0v) is 18.8. The van der Waals surface area contributed by atoms with E-state index in [-0.39, 0.29) is 24.0 Å². The van der Waals surface area contributed by atoms with Crippen LogP contribution in [0.1, 0.15) is 25.0 Å². The van der Waals surface area contributed by atoms with E-state index in [1.165, 1.54) is 23.4 Å². The van der Waals surface area contributed by atoms with Crippen molar-refractivity contribution in [3.8, 4) is 11.1 Å². The van der Waals surface area contributed by atoms with Gasteiger partial charge in [-0.05, 0) is 35.7 Å². The van der Waals surface area contributed by atoms with E-state index in [1.54, 1.807) is 32.9 Å². The van der Waals surface area contributed by atoms with Gasteiger partial charge in [0.1, 0.15) is 23.1 Å². The summed E-state index contributed by atoms with van der Waals surface area (Å²) < 4.78 is 30.0. The smallest absolute Gasteiger partial charge is 0.241 e. The Labute approximate surface area is 190 Å². The molecule has 3 aromatic rings. The van der Waals surface area contributed by atoms with E-state index in [1.807, 2.05) is 0 Å². The Morgan fingerprint density at radius 2 is 1.97 bits per heavy atom. The van der Waals surface area contributed by atoms with E-state index in [4.69, 9.17) is 5.73 Å². The van der Waals surface area contributed by atoms with Gasteiger partial charge in [-0.15, -0.1) is 0 Å². The second-order valence-electron chi connectivity index (χ2n) is 9.03. The van der Waals surface area contributed by atoms with Gasteiger partial charge in [-0.2, -0.15) is 0 Å². The molecule has 0 radical (unpaired) electrons. The van der Waals surface area contributed by atoms with E-state index >= 15 is 4.39 Å². The standard InChI is InChI=1S/C24H28F2N4O3/c1-12-6-15(16-4-5-28-22-20(16)18(26)8-29-22)7-17(25)21(12)24(33)13(2)9-30(10-14(24)3)23(32)19(27)11-31/h4-8,13-14,19,31,33H,9-11,27H2,1-3H3,(H,28,29)/t13-,14+,19-,24-/m1/s1. The molecule has 4 atom stereocenters. The third-order valence-electron chi connectivity index (χ3n) is 6.84. The number of aromatic nitrogens is 2. The van der Waals surface area contributed by atoms with Crippen LogP contribution >= 0.6 is 0 Å². The lowest BCUT2D eigenvalue weighted by Crippen LogP contribution is -2.59. The number of halogens is 2. The van der Waals surface area contributed by atoms with Crippen molar-refractivity contribution < 1.29 is 23.8 Å². The van der Waals surface area contributed by atoms with Crippen LogP contribution in [0.5, 0.6) is 0 Å². The van der Waals surface area contributed by atoms with E-state index in [2.05, 4.69) is 9.97 Å². The molecule has 2 aromatic heterocycles. The molecule has 3 heterocycles. The number of fused-ring (bicyclic) bond motifs is 1. The Bertz CT molecular complexity index is 1180. The molecule has 1 saturated heterocycles. The summed E-state index contributed by atoms with van der Waals surface area (Å²) in [6.07, 6.45) is 2.73. The van der Waals surface area contributed by atoms with E-state index in [0.717, 1.165) is 0 Å². The number of pyridine rings is 1. The van der Waals surface area contributed by atoms with Crippen LogP contribution in [0.2, 0.25) is 0 Å². The van der Waals surface area contributed by atoms with Gasteiger partial charge in [0.25, 0.3) is 0 Å². The number of likely N-dealkylation sites (tertiary alicyclic amines) is 1. The van der Waals surface area contributed by atoms with Crippen LogP contribution in [-0.2, 0) is 10.4 Å². The Morgan fingerprint density at radius 3 is 2.58 bits per heavy atom. The van der Waals surface area contributed by atoms with Gasteiger partial charge in [-0.3, -0.25) is 4.79 Å². The van der Waals surface area contributed by atoms with Gasteiger partial charge >= 0.3 is 0 Å². The predicted octanol–water partition coefficient (Wildman–Crippen LogP) is 2.44. The van der Waals surface area contributed by atoms with Crippen molar-refractivity contribution >= 4 is 16.9 Å². The lowest BCUT2D eigenvalue weighted by molar-refractivity contribution is -0.151. The average molecular weight is 459 g/mol. The lowest BCUT2D eigenvalue weighted by Gasteiger charge is -2.49. The zero-order chi connectivity index (χ0) is 24.1. The molecule has 33 heavy (non-hydrogen) atoms. The number of nitrogens with zero attached hydrogens (tertiary/aromatic N) is 2. The Balaban J connectivity index is 1.74. The number of aromatic amines is 1. The summed E-state index contributed by atoms with van der Waals surface area (Å²) in [6, 6.07) is 3.64. The molecular weight excluding hydrogens is 430 g/mol. The highest BCUT2D eigenvalue weighted by atomic mass is 19.1. The summed E-state index contributed by atoms with van der Waals surface area (Å²) in [4.78, 5) is 20.8. The minimum Gasteiger partial charge on any atom is -0.394 e. The molecule has 176 valence electrons. The van der Waals surface area contributed by atoms with Crippen LogP contribution in [0, 0.1) is 30.4 Å². The van der Waals surface area contributed by atoms with Crippen LogP contribution in [0.4, 0.5) is 8.78 Å². The van der Waals surface area contributed by atoms with Gasteiger partial charge in [-0.1, -0.05) is 19.9 Å². The largest absolute Gasteiger partial charge is 0.394 e. The van der Waals surface area contributed by atoms with Gasteiger partial charge in [0.2, 0.25) is 5.91 Å². The van der Waals surface area contributed by atoms with E-state index in [0.29, 0.717) is 22.3 Å². The van der Waals surface area contributed by atoms with Crippen LogP contribution in [0.25, 0.3) is 22.2 Å². The monoisotopic (exact) mass is 458 g/mol. The predicted molar refractivity (Wildman–Crippen MR) is 120 cm³/mol. The van der Waals surface area contributed by atoms with Crippen molar-refractivity contribution in [1.82, 2.24) is 14.9 Å². The molecule has 1 fully saturated rings. The first-order chi connectivity index (χ1) is 15.6. The van der Waals surface area contributed by atoms with E-state index < -0.39 is 47.6 Å². The molecule has 0 bridgehead atoms. The number of hydrogen-bond donors (Lipinski definition) is 4. The van der Waals surface area contributed by atoms with Crippen molar-refractivity contribution in [1.29, 1.82) is 0 Å². The average Bonchev–Trinajstić information content (AvgIpc) is 3.16. The first-order valence-electron chi connectivity index (χ1n) is 10.9. The Kier molecular flexibility index (Phi) is 5.98. The minimum atomic E-state index is -1.53. The van der Waals surface area contributed by atoms with Crippen LogP contribution in [-0.4, -0.2) is 56.7 Å². The summed E-state index contributed by atoms with van der Waals surface area (Å²) in [5.41, 5.74) is 6.19. The number of aryl methyl sites for hydroxylation is 1. The quantitative estimate of drug-likeness (QED) is 0.479. The topological polar surface area (TPSA) is 115 Å². The minimum absolute atomic E-state index is 0.171. The molecule has 1 aliphatic rings. The van der Waals surface area contributed by atoms with Crippen LogP contribution in [0.15, 0.2) is 30.6 Å². The third kappa shape index (κ3) is 3.70. The van der Waals surface area contributed by atoms with Gasteiger partial charge in [0.05, 0.1) is 12.0 Å². The summed E-state index contributed by atoms with van der Waals surface area (Å²) in [7, 11) is 0. The fourth-order valence-electron chi connectivity index (χ4n) is 5.15. The first kappa shape index (κ1) is 23.3. The second-order valence-corrected chi connectivity index (χ2v) is 9.03. The number of nitrogens with one attached hydrogen (secondary N) is 1. The number of carbonyl (C=O) groups is 1. The molecule has 0 spiro atoms.